The third-order valence-electron chi connectivity index (χ3n) is 3.33. The molecular weight excluding hydrogens is 320 g/mol. The molecule has 0 atom stereocenters. The summed E-state index contributed by atoms with van der Waals surface area (Å²) < 4.78 is 5.21. The molecule has 20 heavy (non-hydrogen) atoms. The van der Waals surface area contributed by atoms with Crippen LogP contribution in [0.3, 0.4) is 0 Å². The molecule has 0 aliphatic carbocycles. The highest BCUT2D eigenvalue weighted by Gasteiger charge is 2.02. The molecule has 1 N–H and O–H groups in total. The fourth-order valence-electron chi connectivity index (χ4n) is 2.07. The van der Waals surface area contributed by atoms with Gasteiger partial charge in [-0.25, -0.2) is 0 Å². The first kappa shape index (κ1) is 19.9. The minimum Gasteiger partial charge on any atom is -0.466 e. The fourth-order valence-corrected chi connectivity index (χ4v) is 2.47. The molecule has 0 aromatic rings. The lowest BCUT2D eigenvalue weighted by Gasteiger charge is -2.05. The highest BCUT2D eigenvalue weighted by Crippen LogP contribution is 2.08. The maximum Gasteiger partial charge on any atom is 0.305 e. The number of carbonyl (C=O) groups is 1. The minimum absolute atomic E-state index is 0.0363. The molecule has 0 unspecified atom stereocenters. The van der Waals surface area contributed by atoms with Gasteiger partial charge in [-0.1, -0.05) is 60.9 Å². The molecule has 0 aliphatic rings. The molecule has 3 nitrogen and oxygen atoms in total. The topological polar surface area (TPSA) is 46.5 Å². The zero-order valence-corrected chi connectivity index (χ0v) is 14.3. The summed E-state index contributed by atoms with van der Waals surface area (Å²) in [4.78, 5) is 11.4. The van der Waals surface area contributed by atoms with Crippen molar-refractivity contribution in [3.63, 3.8) is 0 Å². The van der Waals surface area contributed by atoms with Crippen molar-refractivity contribution >= 4 is 21.9 Å². The molecule has 0 fully saturated rings. The van der Waals surface area contributed by atoms with E-state index in [-0.39, 0.29) is 5.97 Å². The van der Waals surface area contributed by atoms with E-state index >= 15 is 0 Å². The lowest BCUT2D eigenvalue weighted by atomic mass is 10.1. The Morgan fingerprint density at radius 1 is 0.800 bits per heavy atom. The van der Waals surface area contributed by atoms with Crippen LogP contribution in [0.5, 0.6) is 0 Å². The van der Waals surface area contributed by atoms with Gasteiger partial charge in [0.15, 0.2) is 0 Å². The molecule has 0 spiro atoms. The number of unbranched alkanes of at least 4 members (excludes halogenated alkanes) is 9. The SMILES string of the molecule is O=C(CCCCCCCBr)OCCCCCCCCO. The molecule has 0 amide bonds. The molecule has 0 aromatic carbocycles. The lowest BCUT2D eigenvalue weighted by Crippen LogP contribution is -2.05. The number of carbonyl (C=O) groups excluding carboxylic acids is 1. The maximum atomic E-state index is 11.4. The van der Waals surface area contributed by atoms with Crippen LogP contribution in [0, 0.1) is 0 Å². The van der Waals surface area contributed by atoms with Crippen molar-refractivity contribution in [2.75, 3.05) is 18.5 Å². The van der Waals surface area contributed by atoms with E-state index in [1.807, 2.05) is 0 Å². The van der Waals surface area contributed by atoms with Crippen molar-refractivity contribution in [3.8, 4) is 0 Å². The van der Waals surface area contributed by atoms with Crippen molar-refractivity contribution in [1.29, 1.82) is 0 Å². The summed E-state index contributed by atoms with van der Waals surface area (Å²) in [6.45, 7) is 0.871. The van der Waals surface area contributed by atoms with Crippen LogP contribution in [0.2, 0.25) is 0 Å². The van der Waals surface area contributed by atoms with Gasteiger partial charge in [0.05, 0.1) is 6.61 Å². The first-order valence-electron chi connectivity index (χ1n) is 8.13. The van der Waals surface area contributed by atoms with Crippen LogP contribution in [0.15, 0.2) is 0 Å². The van der Waals surface area contributed by atoms with Crippen molar-refractivity contribution < 1.29 is 14.6 Å². The first-order valence-corrected chi connectivity index (χ1v) is 9.26. The second kappa shape index (κ2) is 17.0. The van der Waals surface area contributed by atoms with E-state index in [9.17, 15) is 4.79 Å². The number of halogens is 1. The standard InChI is InChI=1S/C16H31BrO3/c17-13-9-5-3-4-8-12-16(19)20-15-11-7-2-1-6-10-14-18/h18H,1-15H2. The number of esters is 1. The van der Waals surface area contributed by atoms with Crippen molar-refractivity contribution in [3.05, 3.63) is 0 Å². The molecule has 0 saturated carbocycles. The number of aliphatic hydroxyl groups is 1. The molecule has 0 radical (unpaired) electrons. The third-order valence-corrected chi connectivity index (χ3v) is 3.89. The minimum atomic E-state index is -0.0363. The summed E-state index contributed by atoms with van der Waals surface area (Å²) in [5.41, 5.74) is 0. The van der Waals surface area contributed by atoms with Gasteiger partial charge < -0.3 is 9.84 Å². The summed E-state index contributed by atoms with van der Waals surface area (Å²) in [6.07, 6.45) is 12.8. The number of hydrogen-bond donors (Lipinski definition) is 1. The summed E-state index contributed by atoms with van der Waals surface area (Å²) in [7, 11) is 0. The zero-order valence-electron chi connectivity index (χ0n) is 12.7. The van der Waals surface area contributed by atoms with Crippen molar-refractivity contribution in [2.45, 2.75) is 77.0 Å². The lowest BCUT2D eigenvalue weighted by molar-refractivity contribution is -0.143. The Kier molecular flexibility index (Phi) is 16.9. The molecule has 0 saturated heterocycles. The number of ether oxygens (including phenoxy) is 1. The number of rotatable bonds is 15. The van der Waals surface area contributed by atoms with Crippen LogP contribution in [0.1, 0.15) is 77.0 Å². The van der Waals surface area contributed by atoms with E-state index in [4.69, 9.17) is 9.84 Å². The van der Waals surface area contributed by atoms with E-state index in [1.165, 1.54) is 32.1 Å². The van der Waals surface area contributed by atoms with E-state index in [1.54, 1.807) is 0 Å². The zero-order chi connectivity index (χ0) is 14.9. The Morgan fingerprint density at radius 2 is 1.35 bits per heavy atom. The summed E-state index contributed by atoms with van der Waals surface area (Å²) in [6, 6.07) is 0. The number of alkyl halides is 1. The van der Waals surface area contributed by atoms with Gasteiger partial charge in [-0.05, 0) is 25.7 Å². The molecule has 0 aromatic heterocycles. The van der Waals surface area contributed by atoms with Crippen molar-refractivity contribution in [2.24, 2.45) is 0 Å². The van der Waals surface area contributed by atoms with Gasteiger partial charge in [0.2, 0.25) is 0 Å². The average molecular weight is 351 g/mol. The van der Waals surface area contributed by atoms with Crippen LogP contribution < -0.4 is 0 Å². The second-order valence-electron chi connectivity index (χ2n) is 5.27. The average Bonchev–Trinajstić information content (AvgIpc) is 2.45. The van der Waals surface area contributed by atoms with Crippen LogP contribution in [-0.2, 0) is 9.53 Å². The monoisotopic (exact) mass is 350 g/mol. The predicted octanol–water partition coefficient (Wildman–Crippen LogP) is 4.60. The third kappa shape index (κ3) is 16.0. The van der Waals surface area contributed by atoms with Gasteiger partial charge in [0.25, 0.3) is 0 Å². The molecule has 0 aliphatic heterocycles. The van der Waals surface area contributed by atoms with Gasteiger partial charge in [-0.3, -0.25) is 4.79 Å². The Morgan fingerprint density at radius 3 is 2.00 bits per heavy atom. The molecule has 0 heterocycles. The van der Waals surface area contributed by atoms with Gasteiger partial charge in [0.1, 0.15) is 0 Å². The van der Waals surface area contributed by atoms with Gasteiger partial charge >= 0.3 is 5.97 Å². The number of hydrogen-bond acceptors (Lipinski definition) is 3. The molecule has 0 bridgehead atoms. The molecular formula is C16H31BrO3. The Labute approximate surface area is 132 Å². The quantitative estimate of drug-likeness (QED) is 0.266. The highest BCUT2D eigenvalue weighted by atomic mass is 79.9. The summed E-state index contributed by atoms with van der Waals surface area (Å²) in [5.74, 6) is -0.0363. The Balaban J connectivity index is 3.12. The van der Waals surface area contributed by atoms with E-state index < -0.39 is 0 Å². The Bertz CT molecular complexity index is 210. The largest absolute Gasteiger partial charge is 0.466 e. The van der Waals surface area contributed by atoms with Crippen LogP contribution in [0.4, 0.5) is 0 Å². The smallest absolute Gasteiger partial charge is 0.305 e. The van der Waals surface area contributed by atoms with Crippen LogP contribution in [0.25, 0.3) is 0 Å². The first-order chi connectivity index (χ1) is 9.81. The highest BCUT2D eigenvalue weighted by molar-refractivity contribution is 9.09. The van der Waals surface area contributed by atoms with Gasteiger partial charge in [0, 0.05) is 18.4 Å². The molecule has 4 heteroatoms. The van der Waals surface area contributed by atoms with Crippen LogP contribution in [-0.4, -0.2) is 29.6 Å². The molecule has 120 valence electrons. The molecule has 0 rings (SSSR count). The number of aliphatic hydroxyl groups excluding tert-OH is 1. The normalized spacial score (nSPS) is 10.7. The van der Waals surface area contributed by atoms with Crippen LogP contribution >= 0.6 is 15.9 Å². The maximum absolute atomic E-state index is 11.4. The van der Waals surface area contributed by atoms with Gasteiger partial charge in [-0.15, -0.1) is 0 Å². The fraction of sp³-hybridized carbons (Fsp3) is 0.938. The predicted molar refractivity (Wildman–Crippen MR) is 87.2 cm³/mol. The van der Waals surface area contributed by atoms with Gasteiger partial charge in [-0.2, -0.15) is 0 Å². The van der Waals surface area contributed by atoms with E-state index in [0.717, 1.165) is 43.9 Å². The summed E-state index contributed by atoms with van der Waals surface area (Å²) >= 11 is 3.42. The van der Waals surface area contributed by atoms with Crippen molar-refractivity contribution in [1.82, 2.24) is 0 Å². The van der Waals surface area contributed by atoms with E-state index in [0.29, 0.717) is 19.6 Å². The second-order valence-corrected chi connectivity index (χ2v) is 6.07. The van der Waals surface area contributed by atoms with E-state index in [2.05, 4.69) is 15.9 Å². The summed E-state index contributed by atoms with van der Waals surface area (Å²) in [5, 5.41) is 9.72. The Hall–Kier alpha value is -0.0900.